The van der Waals surface area contributed by atoms with Crippen molar-refractivity contribution in [2.75, 3.05) is 11.4 Å². The summed E-state index contributed by atoms with van der Waals surface area (Å²) in [5.74, 6) is 1.69. The zero-order chi connectivity index (χ0) is 16.3. The van der Waals surface area contributed by atoms with Crippen LogP contribution in [0.2, 0.25) is 0 Å². The van der Waals surface area contributed by atoms with Crippen LogP contribution >= 0.6 is 12.4 Å². The molecule has 3 nitrogen and oxygen atoms in total. The minimum atomic E-state index is 0. The van der Waals surface area contributed by atoms with E-state index in [-0.39, 0.29) is 12.4 Å². The van der Waals surface area contributed by atoms with Crippen LogP contribution in [0.1, 0.15) is 48.5 Å². The van der Waals surface area contributed by atoms with Crippen molar-refractivity contribution in [3.8, 4) is 0 Å². The van der Waals surface area contributed by atoms with Crippen molar-refractivity contribution in [2.45, 2.75) is 45.2 Å². The van der Waals surface area contributed by atoms with Gasteiger partial charge in [0.25, 0.3) is 0 Å². The molecule has 0 amide bonds. The number of hydrogen-bond donors (Lipinski definition) is 0. The molecule has 1 aliphatic heterocycles. The van der Waals surface area contributed by atoms with E-state index >= 15 is 0 Å². The predicted octanol–water partition coefficient (Wildman–Crippen LogP) is 5.23. The van der Waals surface area contributed by atoms with Gasteiger partial charge in [-0.2, -0.15) is 0 Å². The van der Waals surface area contributed by atoms with Gasteiger partial charge in [-0.15, -0.1) is 12.4 Å². The molecular weight excluding hydrogens is 330 g/mol. The highest BCUT2D eigenvalue weighted by atomic mass is 35.5. The Bertz CT molecular complexity index is 926. The molecular formula is C21H24ClN3. The van der Waals surface area contributed by atoms with Gasteiger partial charge in [0, 0.05) is 36.4 Å². The summed E-state index contributed by atoms with van der Waals surface area (Å²) in [6.07, 6.45) is 4.62. The van der Waals surface area contributed by atoms with Crippen molar-refractivity contribution >= 4 is 29.1 Å². The molecule has 25 heavy (non-hydrogen) atoms. The fraction of sp³-hybridized carbons (Fsp3) is 0.381. The zero-order valence-electron chi connectivity index (χ0n) is 14.8. The Morgan fingerprint density at radius 1 is 1.12 bits per heavy atom. The summed E-state index contributed by atoms with van der Waals surface area (Å²) >= 11 is 0. The van der Waals surface area contributed by atoms with Gasteiger partial charge in [0.2, 0.25) is 0 Å². The monoisotopic (exact) mass is 353 g/mol. The Labute approximate surface area is 155 Å². The molecule has 0 radical (unpaired) electrons. The summed E-state index contributed by atoms with van der Waals surface area (Å²) in [5.41, 5.74) is 5.65. The highest BCUT2D eigenvalue weighted by Crippen LogP contribution is 2.41. The van der Waals surface area contributed by atoms with Gasteiger partial charge in [-0.25, -0.2) is 4.98 Å². The maximum atomic E-state index is 4.78. The van der Waals surface area contributed by atoms with Crippen molar-refractivity contribution in [1.29, 1.82) is 0 Å². The molecule has 1 atom stereocenters. The molecule has 2 aliphatic rings. The van der Waals surface area contributed by atoms with Crippen LogP contribution in [-0.2, 0) is 6.54 Å². The van der Waals surface area contributed by atoms with E-state index < -0.39 is 0 Å². The van der Waals surface area contributed by atoms with Crippen LogP contribution in [0.3, 0.4) is 0 Å². The first-order chi connectivity index (χ1) is 11.7. The first kappa shape index (κ1) is 16.5. The van der Waals surface area contributed by atoms with Crippen molar-refractivity contribution < 1.29 is 0 Å². The number of aryl methyl sites for hydroxylation is 1. The lowest BCUT2D eigenvalue weighted by atomic mass is 9.91. The van der Waals surface area contributed by atoms with E-state index in [9.17, 15) is 0 Å². The van der Waals surface area contributed by atoms with Crippen LogP contribution in [0.5, 0.6) is 0 Å². The molecule has 1 fully saturated rings. The molecule has 0 saturated heterocycles. The number of anilines is 1. The molecule has 3 heterocycles. The van der Waals surface area contributed by atoms with E-state index in [1.807, 2.05) is 6.20 Å². The summed E-state index contributed by atoms with van der Waals surface area (Å²) in [4.78, 5) is 7.25. The van der Waals surface area contributed by atoms with Crippen LogP contribution in [-0.4, -0.2) is 16.1 Å². The fourth-order valence-electron chi connectivity index (χ4n) is 4.36. The lowest BCUT2D eigenvalue weighted by molar-refractivity contribution is 0.635. The second-order valence-electron chi connectivity index (χ2n) is 7.43. The predicted molar refractivity (Wildman–Crippen MR) is 106 cm³/mol. The van der Waals surface area contributed by atoms with Crippen molar-refractivity contribution in [3.63, 3.8) is 0 Å². The average Bonchev–Trinajstić information content (AvgIpc) is 3.36. The molecule has 4 heteroatoms. The van der Waals surface area contributed by atoms with Crippen molar-refractivity contribution in [1.82, 2.24) is 9.55 Å². The van der Waals surface area contributed by atoms with Gasteiger partial charge >= 0.3 is 0 Å². The van der Waals surface area contributed by atoms with E-state index in [1.54, 1.807) is 0 Å². The number of benzene rings is 1. The third-order valence-electron chi connectivity index (χ3n) is 5.59. The van der Waals surface area contributed by atoms with Gasteiger partial charge in [0.1, 0.15) is 5.82 Å². The zero-order valence-corrected chi connectivity index (χ0v) is 15.6. The number of aromatic nitrogens is 2. The number of hydrogen-bond acceptors (Lipinski definition) is 2. The number of halogens is 1. The Kier molecular flexibility index (Phi) is 3.99. The number of nitrogens with zero attached hydrogens (tertiary/aromatic N) is 3. The topological polar surface area (TPSA) is 21.1 Å². The molecule has 130 valence electrons. The Morgan fingerprint density at radius 2 is 1.92 bits per heavy atom. The summed E-state index contributed by atoms with van der Waals surface area (Å²) < 4.78 is 2.52. The minimum Gasteiger partial charge on any atom is -0.351 e. The Balaban J connectivity index is 0.00000157. The standard InChI is InChI=1S/C21H23N3.ClH/c1-14-12-23(13-16-5-3-4-6-18(14)16)21-19-11-15(2)24(17-7-8-17)20(19)9-10-22-21;/h3-6,9-11,14,17H,7-8,12-13H2,1-2H3;1H. The fourth-order valence-corrected chi connectivity index (χ4v) is 4.36. The summed E-state index contributed by atoms with van der Waals surface area (Å²) in [5, 5.41) is 1.31. The van der Waals surface area contributed by atoms with Gasteiger partial charge in [-0.3, -0.25) is 0 Å². The molecule has 5 rings (SSSR count). The van der Waals surface area contributed by atoms with Crippen LogP contribution < -0.4 is 4.90 Å². The first-order valence-electron chi connectivity index (χ1n) is 9.01. The van der Waals surface area contributed by atoms with Gasteiger partial charge < -0.3 is 9.47 Å². The van der Waals surface area contributed by atoms with E-state index in [0.29, 0.717) is 12.0 Å². The second kappa shape index (κ2) is 6.06. The third kappa shape index (κ3) is 2.62. The minimum absolute atomic E-state index is 0. The number of rotatable bonds is 2. The molecule has 1 unspecified atom stereocenters. The second-order valence-corrected chi connectivity index (χ2v) is 7.43. The first-order valence-corrected chi connectivity index (χ1v) is 9.01. The van der Waals surface area contributed by atoms with Crippen LogP contribution in [0.15, 0.2) is 42.6 Å². The molecule has 0 N–H and O–H groups in total. The van der Waals surface area contributed by atoms with Crippen LogP contribution in [0.25, 0.3) is 10.9 Å². The van der Waals surface area contributed by atoms with Crippen molar-refractivity contribution in [3.05, 3.63) is 59.4 Å². The Morgan fingerprint density at radius 3 is 2.72 bits per heavy atom. The third-order valence-corrected chi connectivity index (χ3v) is 5.59. The smallest absolute Gasteiger partial charge is 0.138 e. The molecule has 1 aliphatic carbocycles. The lowest BCUT2D eigenvalue weighted by Crippen LogP contribution is -2.33. The summed E-state index contributed by atoms with van der Waals surface area (Å²) in [7, 11) is 0. The Hall–Kier alpha value is -2.00. The quantitative estimate of drug-likeness (QED) is 0.629. The maximum Gasteiger partial charge on any atom is 0.138 e. The normalized spacial score (nSPS) is 19.6. The van der Waals surface area contributed by atoms with Crippen molar-refractivity contribution in [2.24, 2.45) is 0 Å². The van der Waals surface area contributed by atoms with E-state index in [0.717, 1.165) is 18.9 Å². The largest absolute Gasteiger partial charge is 0.351 e. The molecule has 3 aromatic rings. The molecule has 0 bridgehead atoms. The SMILES string of the molecule is Cc1cc2c(N3Cc4ccccc4C(C)C3)nccc2n1C1CC1.Cl. The summed E-state index contributed by atoms with van der Waals surface area (Å²) in [6.45, 7) is 6.55. The maximum absolute atomic E-state index is 4.78. The van der Waals surface area contributed by atoms with Crippen LogP contribution in [0.4, 0.5) is 5.82 Å². The molecule has 1 saturated carbocycles. The van der Waals surface area contributed by atoms with Gasteiger partial charge in [0.05, 0.1) is 5.52 Å². The lowest BCUT2D eigenvalue weighted by Gasteiger charge is -2.34. The number of fused-ring (bicyclic) bond motifs is 2. The van der Waals surface area contributed by atoms with E-state index in [4.69, 9.17) is 4.98 Å². The summed E-state index contributed by atoms with van der Waals surface area (Å²) in [6, 6.07) is 14.1. The molecule has 0 spiro atoms. The van der Waals surface area contributed by atoms with E-state index in [1.165, 1.54) is 40.6 Å². The van der Waals surface area contributed by atoms with E-state index in [2.05, 4.69) is 59.7 Å². The molecule has 2 aromatic heterocycles. The highest BCUT2D eigenvalue weighted by molar-refractivity contribution is 5.92. The van der Waals surface area contributed by atoms with Gasteiger partial charge in [-0.1, -0.05) is 31.2 Å². The van der Waals surface area contributed by atoms with Gasteiger partial charge in [-0.05, 0) is 48.9 Å². The van der Waals surface area contributed by atoms with Crippen LogP contribution in [0, 0.1) is 6.92 Å². The van der Waals surface area contributed by atoms with Gasteiger partial charge in [0.15, 0.2) is 0 Å². The molecule has 1 aromatic carbocycles. The highest BCUT2D eigenvalue weighted by Gasteiger charge is 2.29. The number of pyridine rings is 1. The average molecular weight is 354 g/mol.